The Labute approximate surface area is 205 Å². The number of rotatable bonds is 10. The number of hydrogen-bond acceptors (Lipinski definition) is 3. The minimum absolute atomic E-state index is 0.0814. The summed E-state index contributed by atoms with van der Waals surface area (Å²) in [7, 11) is 0. The SMILES string of the molecule is NC(N)=NCCCCNC(=O)c1[nH]c(C(c2ccccc2)c2ccccc2)nc1-c1ccccc1. The van der Waals surface area contributed by atoms with Crippen molar-refractivity contribution in [2.45, 2.75) is 18.8 Å². The summed E-state index contributed by atoms with van der Waals surface area (Å²) in [6, 6.07) is 30.2. The van der Waals surface area contributed by atoms with Gasteiger partial charge in [-0.25, -0.2) is 4.98 Å². The third-order valence-corrected chi connectivity index (χ3v) is 5.70. The standard InChI is InChI=1S/C28H30N6O/c29-28(30)32-19-11-10-18-31-27(35)25-24(22-16-8-3-9-17-22)33-26(34-25)23(20-12-4-1-5-13-20)21-14-6-2-7-15-21/h1-9,12-17,23H,10-11,18-19H2,(H,31,35)(H,33,34)(H4,29,30,32). The number of carbonyl (C=O) groups is 1. The number of nitrogens with two attached hydrogens (primary N) is 2. The normalized spacial score (nSPS) is 10.8. The smallest absolute Gasteiger partial charge is 0.270 e. The molecule has 1 heterocycles. The molecule has 0 bridgehead atoms. The highest BCUT2D eigenvalue weighted by Gasteiger charge is 2.25. The fourth-order valence-electron chi connectivity index (χ4n) is 4.03. The Morgan fingerprint density at radius 2 is 1.43 bits per heavy atom. The third kappa shape index (κ3) is 6.14. The first-order chi connectivity index (χ1) is 17.1. The lowest BCUT2D eigenvalue weighted by Crippen LogP contribution is -2.26. The highest BCUT2D eigenvalue weighted by molar-refractivity contribution is 5.98. The summed E-state index contributed by atoms with van der Waals surface area (Å²) >= 11 is 0. The molecule has 0 saturated carbocycles. The van der Waals surface area contributed by atoms with Crippen molar-refractivity contribution >= 4 is 11.9 Å². The van der Waals surface area contributed by atoms with E-state index in [9.17, 15) is 4.79 Å². The molecule has 6 N–H and O–H groups in total. The molecule has 0 fully saturated rings. The molecule has 178 valence electrons. The van der Waals surface area contributed by atoms with E-state index >= 15 is 0 Å². The van der Waals surface area contributed by atoms with E-state index in [1.807, 2.05) is 66.7 Å². The zero-order valence-corrected chi connectivity index (χ0v) is 19.5. The van der Waals surface area contributed by atoms with Gasteiger partial charge >= 0.3 is 0 Å². The minimum atomic E-state index is -0.190. The number of hydrogen-bond donors (Lipinski definition) is 4. The number of nitrogens with one attached hydrogen (secondary N) is 2. The van der Waals surface area contributed by atoms with Crippen LogP contribution in [0.4, 0.5) is 0 Å². The van der Waals surface area contributed by atoms with Crippen LogP contribution in [0.15, 0.2) is 96.0 Å². The number of aliphatic imine (C=N–C) groups is 1. The van der Waals surface area contributed by atoms with Gasteiger partial charge < -0.3 is 21.8 Å². The molecule has 0 aliphatic heterocycles. The van der Waals surface area contributed by atoms with Crippen molar-refractivity contribution in [3.8, 4) is 11.3 Å². The van der Waals surface area contributed by atoms with Crippen molar-refractivity contribution in [3.63, 3.8) is 0 Å². The van der Waals surface area contributed by atoms with E-state index in [0.717, 1.165) is 35.4 Å². The predicted octanol–water partition coefficient (Wildman–Crippen LogP) is 4.04. The Balaban J connectivity index is 1.65. The largest absolute Gasteiger partial charge is 0.370 e. The molecule has 0 spiro atoms. The van der Waals surface area contributed by atoms with Gasteiger partial charge in [-0.3, -0.25) is 9.79 Å². The maximum absolute atomic E-state index is 13.2. The average Bonchev–Trinajstić information content (AvgIpc) is 3.33. The molecule has 3 aromatic carbocycles. The molecule has 0 atom stereocenters. The molecule has 4 rings (SSSR count). The Kier molecular flexibility index (Phi) is 7.91. The van der Waals surface area contributed by atoms with Gasteiger partial charge in [0.2, 0.25) is 0 Å². The van der Waals surface area contributed by atoms with Crippen molar-refractivity contribution in [2.75, 3.05) is 13.1 Å². The van der Waals surface area contributed by atoms with Crippen molar-refractivity contribution < 1.29 is 4.79 Å². The number of aromatic amines is 1. The number of H-pyrrole nitrogens is 1. The molecule has 7 nitrogen and oxygen atoms in total. The van der Waals surface area contributed by atoms with Gasteiger partial charge in [0.25, 0.3) is 5.91 Å². The van der Waals surface area contributed by atoms with E-state index in [1.54, 1.807) is 0 Å². The van der Waals surface area contributed by atoms with Gasteiger partial charge in [-0.15, -0.1) is 0 Å². The number of imidazole rings is 1. The second-order valence-corrected chi connectivity index (χ2v) is 8.24. The second-order valence-electron chi connectivity index (χ2n) is 8.24. The summed E-state index contributed by atoms with van der Waals surface area (Å²) in [5, 5.41) is 3.01. The van der Waals surface area contributed by atoms with E-state index in [1.165, 1.54) is 0 Å². The van der Waals surface area contributed by atoms with Crippen LogP contribution in [-0.4, -0.2) is 34.9 Å². The molecular weight excluding hydrogens is 436 g/mol. The van der Waals surface area contributed by atoms with Gasteiger partial charge in [0.15, 0.2) is 5.96 Å². The molecule has 0 unspecified atom stereocenters. The first kappa shape index (κ1) is 23.8. The van der Waals surface area contributed by atoms with Gasteiger partial charge in [-0.05, 0) is 24.0 Å². The van der Waals surface area contributed by atoms with Gasteiger partial charge in [0.05, 0.1) is 5.92 Å². The van der Waals surface area contributed by atoms with Crippen LogP contribution in [0.25, 0.3) is 11.3 Å². The molecule has 0 aliphatic carbocycles. The van der Waals surface area contributed by atoms with Crippen LogP contribution in [0, 0.1) is 0 Å². The number of amides is 1. The highest BCUT2D eigenvalue weighted by Crippen LogP contribution is 2.33. The van der Waals surface area contributed by atoms with Crippen LogP contribution in [0.3, 0.4) is 0 Å². The van der Waals surface area contributed by atoms with E-state index in [0.29, 0.717) is 24.5 Å². The maximum Gasteiger partial charge on any atom is 0.270 e. The van der Waals surface area contributed by atoms with Gasteiger partial charge in [0, 0.05) is 18.7 Å². The number of guanidine groups is 1. The zero-order chi connectivity index (χ0) is 24.5. The van der Waals surface area contributed by atoms with E-state index < -0.39 is 0 Å². The monoisotopic (exact) mass is 466 g/mol. The number of benzene rings is 3. The lowest BCUT2D eigenvalue weighted by molar-refractivity contribution is 0.0949. The van der Waals surface area contributed by atoms with E-state index in [4.69, 9.17) is 16.5 Å². The van der Waals surface area contributed by atoms with E-state index in [-0.39, 0.29) is 17.8 Å². The highest BCUT2D eigenvalue weighted by atomic mass is 16.1. The number of carbonyl (C=O) groups excluding carboxylic acids is 1. The molecule has 0 aliphatic rings. The molecule has 1 amide bonds. The van der Waals surface area contributed by atoms with Crippen LogP contribution in [0.1, 0.15) is 46.2 Å². The summed E-state index contributed by atoms with van der Waals surface area (Å²) in [5.74, 6) is 0.474. The number of unbranched alkanes of at least 4 members (excludes halogenated alkanes) is 1. The lowest BCUT2D eigenvalue weighted by atomic mass is 9.91. The topological polar surface area (TPSA) is 122 Å². The van der Waals surface area contributed by atoms with Crippen LogP contribution in [0.2, 0.25) is 0 Å². The van der Waals surface area contributed by atoms with Gasteiger partial charge in [-0.2, -0.15) is 0 Å². The van der Waals surface area contributed by atoms with E-state index in [2.05, 4.69) is 39.6 Å². The van der Waals surface area contributed by atoms with Crippen molar-refractivity contribution in [2.24, 2.45) is 16.5 Å². The minimum Gasteiger partial charge on any atom is -0.370 e. The average molecular weight is 467 g/mol. The fourth-order valence-corrected chi connectivity index (χ4v) is 4.03. The second kappa shape index (κ2) is 11.7. The predicted molar refractivity (Wildman–Crippen MR) is 140 cm³/mol. The van der Waals surface area contributed by atoms with Crippen LogP contribution < -0.4 is 16.8 Å². The molecule has 1 aromatic heterocycles. The van der Waals surface area contributed by atoms with Crippen LogP contribution in [0.5, 0.6) is 0 Å². The third-order valence-electron chi connectivity index (χ3n) is 5.70. The quantitative estimate of drug-likeness (QED) is 0.160. The van der Waals surface area contributed by atoms with Crippen molar-refractivity contribution in [1.29, 1.82) is 0 Å². The Morgan fingerprint density at radius 1 is 0.857 bits per heavy atom. The molecule has 4 aromatic rings. The summed E-state index contributed by atoms with van der Waals surface area (Å²) in [4.78, 5) is 25.6. The maximum atomic E-state index is 13.2. The van der Waals surface area contributed by atoms with Crippen LogP contribution in [-0.2, 0) is 0 Å². The number of nitrogens with zero attached hydrogens (tertiary/aromatic N) is 2. The Hall–Kier alpha value is -4.39. The fraction of sp³-hybridized carbons (Fsp3) is 0.179. The summed E-state index contributed by atoms with van der Waals surface area (Å²) in [6.45, 7) is 1.06. The summed E-state index contributed by atoms with van der Waals surface area (Å²) < 4.78 is 0. The lowest BCUT2D eigenvalue weighted by Gasteiger charge is -2.16. The Bertz CT molecular complexity index is 1210. The first-order valence-electron chi connectivity index (χ1n) is 11.7. The molecule has 0 saturated heterocycles. The molecular formula is C28H30N6O. The summed E-state index contributed by atoms with van der Waals surface area (Å²) in [5.41, 5.74) is 14.9. The molecule has 7 heteroatoms. The molecule has 0 radical (unpaired) electrons. The summed E-state index contributed by atoms with van der Waals surface area (Å²) in [6.07, 6.45) is 1.54. The zero-order valence-electron chi connectivity index (χ0n) is 19.5. The van der Waals surface area contributed by atoms with Crippen molar-refractivity contribution in [3.05, 3.63) is 114 Å². The number of aromatic nitrogens is 2. The van der Waals surface area contributed by atoms with Gasteiger partial charge in [0.1, 0.15) is 17.2 Å². The van der Waals surface area contributed by atoms with Crippen molar-refractivity contribution in [1.82, 2.24) is 15.3 Å². The van der Waals surface area contributed by atoms with Crippen LogP contribution >= 0.6 is 0 Å². The Morgan fingerprint density at radius 3 is 2.00 bits per heavy atom. The first-order valence-corrected chi connectivity index (χ1v) is 11.7. The van der Waals surface area contributed by atoms with Gasteiger partial charge in [-0.1, -0.05) is 91.0 Å². The molecule has 35 heavy (non-hydrogen) atoms.